The highest BCUT2D eigenvalue weighted by atomic mass is 35.5. The van der Waals surface area contributed by atoms with Crippen molar-refractivity contribution in [2.45, 2.75) is 20.4 Å². The number of nitrogens with zero attached hydrogens (tertiary/aromatic N) is 1. The molecule has 0 aromatic heterocycles. The largest absolute Gasteiger partial charge is 0.367 e. The minimum absolute atomic E-state index is 0.181. The lowest BCUT2D eigenvalue weighted by molar-refractivity contribution is -0.174. The van der Waals surface area contributed by atoms with E-state index >= 15 is 0 Å². The van der Waals surface area contributed by atoms with Gasteiger partial charge in [-0.25, -0.2) is 4.79 Å². The summed E-state index contributed by atoms with van der Waals surface area (Å²) in [5.41, 5.74) is 0.538. The van der Waals surface area contributed by atoms with Gasteiger partial charge in [0.1, 0.15) is 0 Å². The summed E-state index contributed by atoms with van der Waals surface area (Å²) >= 11 is 6.04. The lowest BCUT2D eigenvalue weighted by atomic mass is 9.95. The third-order valence-corrected chi connectivity index (χ3v) is 3.01. The molecule has 0 amide bonds. The Kier molecular flexibility index (Phi) is 2.91. The molecule has 1 fully saturated rings. The summed E-state index contributed by atoms with van der Waals surface area (Å²) in [7, 11) is 0. The van der Waals surface area contributed by atoms with Crippen molar-refractivity contribution in [1.29, 1.82) is 0 Å². The van der Waals surface area contributed by atoms with Crippen LogP contribution in [0.3, 0.4) is 0 Å². The topological polar surface area (TPSA) is 29.5 Å². The molecule has 4 heteroatoms. The van der Waals surface area contributed by atoms with E-state index in [1.165, 1.54) is 0 Å². The van der Waals surface area contributed by atoms with Gasteiger partial charge < -0.3 is 4.84 Å². The monoisotopic (exact) mass is 239 g/mol. The van der Waals surface area contributed by atoms with E-state index in [0.717, 1.165) is 5.56 Å². The standard InChI is InChI=1S/C12H14ClNO2/c1-12(2)8-14(16-11(12)15)7-9-5-3-4-6-10(9)13/h3-6H,7-8H2,1-2H3. The van der Waals surface area contributed by atoms with Crippen LogP contribution < -0.4 is 0 Å². The van der Waals surface area contributed by atoms with Gasteiger partial charge in [-0.3, -0.25) is 0 Å². The molecule has 16 heavy (non-hydrogen) atoms. The quantitative estimate of drug-likeness (QED) is 0.795. The summed E-state index contributed by atoms with van der Waals surface area (Å²) in [6, 6.07) is 7.57. The third-order valence-electron chi connectivity index (χ3n) is 2.64. The van der Waals surface area contributed by atoms with Gasteiger partial charge in [0.2, 0.25) is 0 Å². The van der Waals surface area contributed by atoms with Crippen LogP contribution in [0.1, 0.15) is 19.4 Å². The van der Waals surface area contributed by atoms with Gasteiger partial charge >= 0.3 is 5.97 Å². The molecule has 0 unspecified atom stereocenters. The number of carbonyl (C=O) groups excluding carboxylic acids is 1. The molecule has 1 saturated heterocycles. The highest BCUT2D eigenvalue weighted by Crippen LogP contribution is 2.29. The summed E-state index contributed by atoms with van der Waals surface area (Å²) in [6.45, 7) is 4.88. The Labute approximate surface area is 99.9 Å². The van der Waals surface area contributed by atoms with E-state index in [4.69, 9.17) is 16.4 Å². The van der Waals surface area contributed by atoms with Crippen LogP contribution in [0.2, 0.25) is 5.02 Å². The van der Waals surface area contributed by atoms with E-state index in [1.54, 1.807) is 5.06 Å². The first-order valence-corrected chi connectivity index (χ1v) is 5.57. The summed E-state index contributed by atoms with van der Waals surface area (Å²) in [4.78, 5) is 16.7. The van der Waals surface area contributed by atoms with Gasteiger partial charge in [0.05, 0.1) is 18.5 Å². The molecular weight excluding hydrogens is 226 g/mol. The number of carbonyl (C=O) groups is 1. The minimum Gasteiger partial charge on any atom is -0.367 e. The molecule has 3 nitrogen and oxygen atoms in total. The van der Waals surface area contributed by atoms with Crippen LogP contribution in [0.5, 0.6) is 0 Å². The Bertz CT molecular complexity index is 417. The van der Waals surface area contributed by atoms with Gasteiger partial charge in [0, 0.05) is 5.02 Å². The first-order valence-electron chi connectivity index (χ1n) is 5.20. The minimum atomic E-state index is -0.429. The molecule has 86 valence electrons. The maximum Gasteiger partial charge on any atom is 0.332 e. The maximum atomic E-state index is 11.5. The molecule has 1 aliphatic heterocycles. The van der Waals surface area contributed by atoms with E-state index in [0.29, 0.717) is 18.1 Å². The molecule has 1 aromatic carbocycles. The van der Waals surface area contributed by atoms with E-state index in [-0.39, 0.29) is 5.97 Å². The van der Waals surface area contributed by atoms with Gasteiger partial charge in [0.15, 0.2) is 0 Å². The van der Waals surface area contributed by atoms with Crippen LogP contribution in [-0.2, 0) is 16.2 Å². The fourth-order valence-corrected chi connectivity index (χ4v) is 1.88. The zero-order valence-corrected chi connectivity index (χ0v) is 10.1. The predicted molar refractivity (Wildman–Crippen MR) is 61.7 cm³/mol. The number of benzene rings is 1. The number of rotatable bonds is 2. The molecule has 0 radical (unpaired) electrons. The molecule has 1 aromatic rings. The number of hydrogen-bond donors (Lipinski definition) is 0. The Hall–Kier alpha value is -1.06. The van der Waals surface area contributed by atoms with E-state index in [9.17, 15) is 4.79 Å². The first kappa shape index (κ1) is 11.4. The molecular formula is C12H14ClNO2. The van der Waals surface area contributed by atoms with Crippen LogP contribution >= 0.6 is 11.6 Å². The zero-order valence-electron chi connectivity index (χ0n) is 9.37. The highest BCUT2D eigenvalue weighted by Gasteiger charge is 2.40. The van der Waals surface area contributed by atoms with Gasteiger partial charge in [-0.1, -0.05) is 29.8 Å². The lowest BCUT2D eigenvalue weighted by Crippen LogP contribution is -2.23. The van der Waals surface area contributed by atoms with Crippen LogP contribution in [-0.4, -0.2) is 17.6 Å². The second-order valence-electron chi connectivity index (χ2n) is 4.65. The Morgan fingerprint density at radius 1 is 1.44 bits per heavy atom. The molecule has 0 bridgehead atoms. The molecule has 0 atom stereocenters. The van der Waals surface area contributed by atoms with Crippen LogP contribution in [0.15, 0.2) is 24.3 Å². The van der Waals surface area contributed by atoms with Crippen molar-refractivity contribution in [3.05, 3.63) is 34.9 Å². The van der Waals surface area contributed by atoms with Crippen molar-refractivity contribution in [3.8, 4) is 0 Å². The van der Waals surface area contributed by atoms with Crippen LogP contribution in [0.4, 0.5) is 0 Å². The van der Waals surface area contributed by atoms with Gasteiger partial charge in [-0.2, -0.15) is 0 Å². The lowest BCUT2D eigenvalue weighted by Gasteiger charge is -2.14. The molecule has 1 aliphatic rings. The maximum absolute atomic E-state index is 11.5. The molecule has 0 saturated carbocycles. The number of halogens is 1. The van der Waals surface area contributed by atoms with Gasteiger partial charge in [-0.05, 0) is 25.5 Å². The fourth-order valence-electron chi connectivity index (χ4n) is 1.68. The smallest absolute Gasteiger partial charge is 0.332 e. The molecule has 2 rings (SSSR count). The molecule has 0 spiro atoms. The van der Waals surface area contributed by atoms with Gasteiger partial charge in [-0.15, -0.1) is 5.06 Å². The Morgan fingerprint density at radius 2 is 2.12 bits per heavy atom. The van der Waals surface area contributed by atoms with Gasteiger partial charge in [0.25, 0.3) is 0 Å². The van der Waals surface area contributed by atoms with E-state index in [1.807, 2.05) is 38.1 Å². The SMILES string of the molecule is CC1(C)CN(Cc2ccccc2Cl)OC1=O. The molecule has 0 aliphatic carbocycles. The summed E-state index contributed by atoms with van der Waals surface area (Å²) in [5, 5.41) is 2.35. The zero-order chi connectivity index (χ0) is 11.8. The fraction of sp³-hybridized carbons (Fsp3) is 0.417. The normalized spacial score (nSPS) is 19.8. The van der Waals surface area contributed by atoms with Crippen molar-refractivity contribution in [3.63, 3.8) is 0 Å². The molecule has 1 heterocycles. The average molecular weight is 240 g/mol. The van der Waals surface area contributed by atoms with Crippen molar-refractivity contribution in [1.82, 2.24) is 5.06 Å². The highest BCUT2D eigenvalue weighted by molar-refractivity contribution is 6.31. The Balaban J connectivity index is 2.08. The average Bonchev–Trinajstić information content (AvgIpc) is 2.44. The summed E-state index contributed by atoms with van der Waals surface area (Å²) in [5.74, 6) is -0.181. The summed E-state index contributed by atoms with van der Waals surface area (Å²) < 4.78 is 0. The third kappa shape index (κ3) is 2.20. The van der Waals surface area contributed by atoms with Crippen molar-refractivity contribution < 1.29 is 9.63 Å². The molecule has 0 N–H and O–H groups in total. The number of hydrogen-bond acceptors (Lipinski definition) is 3. The predicted octanol–water partition coefficient (Wildman–Crippen LogP) is 2.64. The van der Waals surface area contributed by atoms with Crippen molar-refractivity contribution >= 4 is 17.6 Å². The van der Waals surface area contributed by atoms with E-state index < -0.39 is 5.41 Å². The van der Waals surface area contributed by atoms with Crippen molar-refractivity contribution in [2.24, 2.45) is 5.41 Å². The summed E-state index contributed by atoms with van der Waals surface area (Å²) in [6.07, 6.45) is 0. The second kappa shape index (κ2) is 4.07. The second-order valence-corrected chi connectivity index (χ2v) is 5.06. The van der Waals surface area contributed by atoms with E-state index in [2.05, 4.69) is 0 Å². The first-order chi connectivity index (χ1) is 7.49. The number of hydroxylamine groups is 2. The van der Waals surface area contributed by atoms with Crippen LogP contribution in [0, 0.1) is 5.41 Å². The van der Waals surface area contributed by atoms with Crippen molar-refractivity contribution in [2.75, 3.05) is 6.54 Å². The van der Waals surface area contributed by atoms with Crippen LogP contribution in [0.25, 0.3) is 0 Å². The Morgan fingerprint density at radius 3 is 2.69 bits per heavy atom.